The van der Waals surface area contributed by atoms with Gasteiger partial charge in [-0.3, -0.25) is 9.59 Å². The van der Waals surface area contributed by atoms with Gasteiger partial charge in [0.15, 0.2) is 0 Å². The maximum atomic E-state index is 13.0. The third kappa shape index (κ3) is 2.83. The van der Waals surface area contributed by atoms with Crippen LogP contribution in [-0.2, 0) is 9.59 Å². The number of hydrogen-bond acceptors (Lipinski definition) is 2. The summed E-state index contributed by atoms with van der Waals surface area (Å²) in [5, 5.41) is 5.87. The van der Waals surface area contributed by atoms with E-state index < -0.39 is 6.04 Å². The second-order valence-electron chi connectivity index (χ2n) is 8.25. The number of carbonyl (C=O) groups excluding carboxylic acids is 2. The Balaban J connectivity index is 1.39. The molecule has 2 amide bonds. The highest BCUT2D eigenvalue weighted by molar-refractivity contribution is 5.97. The van der Waals surface area contributed by atoms with Gasteiger partial charge in [-0.2, -0.15) is 0 Å². The highest BCUT2D eigenvalue weighted by Gasteiger charge is 2.54. The lowest BCUT2D eigenvalue weighted by Gasteiger charge is -2.55. The number of amides is 2. The number of benzene rings is 1. The summed E-state index contributed by atoms with van der Waals surface area (Å²) >= 11 is 0. The molecule has 0 spiro atoms. The Morgan fingerprint density at radius 1 is 1.00 bits per heavy atom. The van der Waals surface area contributed by atoms with Crippen molar-refractivity contribution in [1.82, 2.24) is 5.32 Å². The van der Waals surface area contributed by atoms with Crippen LogP contribution in [0.2, 0.25) is 0 Å². The fourth-order valence-electron chi connectivity index (χ4n) is 5.58. The van der Waals surface area contributed by atoms with Gasteiger partial charge < -0.3 is 10.6 Å². The van der Waals surface area contributed by atoms with Crippen LogP contribution in [0.4, 0.5) is 5.69 Å². The number of anilines is 1. The first-order valence-corrected chi connectivity index (χ1v) is 9.21. The van der Waals surface area contributed by atoms with Gasteiger partial charge in [-0.05, 0) is 75.3 Å². The second-order valence-corrected chi connectivity index (χ2v) is 8.25. The minimum atomic E-state index is -0.509. The summed E-state index contributed by atoms with van der Waals surface area (Å²) in [6.45, 7) is 1.77. The van der Waals surface area contributed by atoms with E-state index in [1.165, 1.54) is 19.3 Å². The first kappa shape index (κ1) is 15.7. The topological polar surface area (TPSA) is 58.2 Å². The molecule has 4 bridgehead atoms. The summed E-state index contributed by atoms with van der Waals surface area (Å²) in [6.07, 6.45) is 7.03. The molecule has 0 radical (unpaired) electrons. The highest BCUT2D eigenvalue weighted by Crippen LogP contribution is 2.60. The minimum Gasteiger partial charge on any atom is -0.344 e. The summed E-state index contributed by atoms with van der Waals surface area (Å²) in [6, 6.07) is 8.87. The van der Waals surface area contributed by atoms with Crippen LogP contribution >= 0.6 is 0 Å². The molecule has 1 unspecified atom stereocenters. The van der Waals surface area contributed by atoms with Gasteiger partial charge in [0.05, 0.1) is 0 Å². The Kier molecular flexibility index (Phi) is 3.86. The van der Waals surface area contributed by atoms with Crippen LogP contribution in [-0.4, -0.2) is 17.9 Å². The molecule has 4 saturated carbocycles. The monoisotopic (exact) mass is 326 g/mol. The summed E-state index contributed by atoms with van der Waals surface area (Å²) in [4.78, 5) is 25.3. The van der Waals surface area contributed by atoms with Crippen molar-refractivity contribution in [2.45, 2.75) is 51.5 Å². The van der Waals surface area contributed by atoms with Gasteiger partial charge in [0.2, 0.25) is 11.8 Å². The van der Waals surface area contributed by atoms with Crippen LogP contribution in [0.1, 0.15) is 45.4 Å². The third-order valence-corrected chi connectivity index (χ3v) is 6.30. The molecular weight excluding hydrogens is 300 g/mol. The molecule has 0 saturated heterocycles. The van der Waals surface area contributed by atoms with Crippen molar-refractivity contribution in [3.63, 3.8) is 0 Å². The zero-order valence-corrected chi connectivity index (χ0v) is 14.3. The first-order valence-electron chi connectivity index (χ1n) is 9.21. The predicted octanol–water partition coefficient (Wildman–Crippen LogP) is 3.35. The van der Waals surface area contributed by atoms with Crippen LogP contribution in [0, 0.1) is 23.2 Å². The lowest BCUT2D eigenvalue weighted by atomic mass is 9.49. The lowest BCUT2D eigenvalue weighted by molar-refractivity contribution is -0.147. The normalized spacial score (nSPS) is 34.6. The van der Waals surface area contributed by atoms with E-state index in [4.69, 9.17) is 0 Å². The standard InChI is InChI=1S/C20H26N2O2/c1-13(18(23)22-17-5-3-2-4-6-17)21-19(24)20-10-14-7-15(11-20)9-16(8-14)12-20/h2-6,13-16H,7-12H2,1H3,(H,21,24)(H,22,23). The Morgan fingerprint density at radius 3 is 2.08 bits per heavy atom. The smallest absolute Gasteiger partial charge is 0.246 e. The molecule has 0 aromatic heterocycles. The number of hydrogen-bond donors (Lipinski definition) is 2. The molecule has 1 aromatic carbocycles. The van der Waals surface area contributed by atoms with Gasteiger partial charge in [-0.1, -0.05) is 18.2 Å². The van der Waals surface area contributed by atoms with E-state index in [1.54, 1.807) is 6.92 Å². The summed E-state index contributed by atoms with van der Waals surface area (Å²) in [5.74, 6) is 2.15. The Labute approximate surface area is 143 Å². The van der Waals surface area contributed by atoms with E-state index in [0.717, 1.165) is 42.7 Å². The minimum absolute atomic E-state index is 0.109. The number of rotatable bonds is 4. The summed E-state index contributed by atoms with van der Waals surface area (Å²) in [7, 11) is 0. The third-order valence-electron chi connectivity index (χ3n) is 6.30. The van der Waals surface area contributed by atoms with Gasteiger partial charge in [0.1, 0.15) is 6.04 Å². The molecule has 0 aliphatic heterocycles. The van der Waals surface area contributed by atoms with Crippen LogP contribution in [0.15, 0.2) is 30.3 Å². The van der Waals surface area contributed by atoms with Crippen molar-refractivity contribution >= 4 is 17.5 Å². The molecule has 2 N–H and O–H groups in total. The van der Waals surface area contributed by atoms with Gasteiger partial charge >= 0.3 is 0 Å². The van der Waals surface area contributed by atoms with Crippen molar-refractivity contribution in [3.05, 3.63) is 30.3 Å². The molecule has 128 valence electrons. The maximum Gasteiger partial charge on any atom is 0.246 e. The molecule has 4 fully saturated rings. The molecule has 4 aliphatic rings. The maximum absolute atomic E-state index is 13.0. The van der Waals surface area contributed by atoms with Gasteiger partial charge in [0.25, 0.3) is 0 Å². The molecule has 24 heavy (non-hydrogen) atoms. The largest absolute Gasteiger partial charge is 0.344 e. The van der Waals surface area contributed by atoms with Crippen LogP contribution in [0.3, 0.4) is 0 Å². The fraction of sp³-hybridized carbons (Fsp3) is 0.600. The van der Waals surface area contributed by atoms with Crippen molar-refractivity contribution in [2.75, 3.05) is 5.32 Å². The fourth-order valence-corrected chi connectivity index (χ4v) is 5.58. The van der Waals surface area contributed by atoms with E-state index in [-0.39, 0.29) is 17.2 Å². The molecule has 4 aliphatic carbocycles. The average molecular weight is 326 g/mol. The number of para-hydroxylation sites is 1. The Morgan fingerprint density at radius 2 is 1.54 bits per heavy atom. The molecule has 4 heteroatoms. The van der Waals surface area contributed by atoms with Gasteiger partial charge in [-0.15, -0.1) is 0 Å². The SMILES string of the molecule is CC(NC(=O)C12CC3CC(CC(C3)C1)C2)C(=O)Nc1ccccc1. The van der Waals surface area contributed by atoms with Gasteiger partial charge in [0, 0.05) is 11.1 Å². The highest BCUT2D eigenvalue weighted by atomic mass is 16.2. The number of nitrogens with one attached hydrogen (secondary N) is 2. The van der Waals surface area contributed by atoms with Crippen molar-refractivity contribution in [1.29, 1.82) is 0 Å². The van der Waals surface area contributed by atoms with E-state index in [9.17, 15) is 9.59 Å². The Bertz CT molecular complexity index is 605. The molecule has 1 atom stereocenters. The molecule has 5 rings (SSSR count). The zero-order chi connectivity index (χ0) is 16.7. The van der Waals surface area contributed by atoms with Crippen LogP contribution in [0.5, 0.6) is 0 Å². The number of carbonyl (C=O) groups is 2. The zero-order valence-electron chi connectivity index (χ0n) is 14.3. The summed E-state index contributed by atoms with van der Waals surface area (Å²) < 4.78 is 0. The second kappa shape index (κ2) is 5.91. The molecule has 4 nitrogen and oxygen atoms in total. The quantitative estimate of drug-likeness (QED) is 0.891. The van der Waals surface area contributed by atoms with E-state index in [2.05, 4.69) is 10.6 Å². The summed E-state index contributed by atoms with van der Waals surface area (Å²) in [5.41, 5.74) is 0.564. The van der Waals surface area contributed by atoms with Crippen molar-refractivity contribution < 1.29 is 9.59 Å². The Hall–Kier alpha value is -1.84. The molecule has 1 aromatic rings. The molecular formula is C20H26N2O2. The van der Waals surface area contributed by atoms with Crippen molar-refractivity contribution in [3.8, 4) is 0 Å². The van der Waals surface area contributed by atoms with E-state index >= 15 is 0 Å². The first-order chi connectivity index (χ1) is 11.5. The average Bonchev–Trinajstić information content (AvgIpc) is 2.54. The molecule has 0 heterocycles. The van der Waals surface area contributed by atoms with E-state index in [0.29, 0.717) is 0 Å². The van der Waals surface area contributed by atoms with Crippen molar-refractivity contribution in [2.24, 2.45) is 23.2 Å². The predicted molar refractivity (Wildman–Crippen MR) is 93.3 cm³/mol. The van der Waals surface area contributed by atoms with Gasteiger partial charge in [-0.25, -0.2) is 0 Å². The van der Waals surface area contributed by atoms with Crippen LogP contribution < -0.4 is 10.6 Å². The van der Waals surface area contributed by atoms with E-state index in [1.807, 2.05) is 30.3 Å². The lowest BCUT2D eigenvalue weighted by Crippen LogP contribution is -2.56. The van der Waals surface area contributed by atoms with Crippen LogP contribution in [0.25, 0.3) is 0 Å².